The third kappa shape index (κ3) is 2.11. The van der Waals surface area contributed by atoms with E-state index in [-0.39, 0.29) is 11.9 Å². The van der Waals surface area contributed by atoms with Crippen LogP contribution in [0.4, 0.5) is 0 Å². The van der Waals surface area contributed by atoms with Crippen LogP contribution in [0.5, 0.6) is 0 Å². The summed E-state index contributed by atoms with van der Waals surface area (Å²) in [5.74, 6) is 1.48. The minimum absolute atomic E-state index is 0.160. The van der Waals surface area contributed by atoms with Crippen molar-refractivity contribution in [2.75, 3.05) is 13.1 Å². The van der Waals surface area contributed by atoms with E-state index in [9.17, 15) is 4.79 Å². The molecule has 1 amide bonds. The van der Waals surface area contributed by atoms with Crippen molar-refractivity contribution in [1.29, 1.82) is 0 Å². The van der Waals surface area contributed by atoms with Crippen molar-refractivity contribution in [3.8, 4) is 0 Å². The molecule has 1 aromatic rings. The van der Waals surface area contributed by atoms with E-state index in [0.29, 0.717) is 5.92 Å². The van der Waals surface area contributed by atoms with Gasteiger partial charge in [-0.3, -0.25) is 4.79 Å². The molecule has 17 heavy (non-hydrogen) atoms. The Labute approximate surface area is 106 Å². The lowest BCUT2D eigenvalue weighted by Crippen LogP contribution is -2.32. The van der Waals surface area contributed by atoms with E-state index in [2.05, 4.69) is 0 Å². The lowest BCUT2D eigenvalue weighted by Gasteiger charge is -2.15. The Morgan fingerprint density at radius 3 is 2.82 bits per heavy atom. The predicted molar refractivity (Wildman–Crippen MR) is 69.1 cm³/mol. The molecule has 0 radical (unpaired) electrons. The van der Waals surface area contributed by atoms with Gasteiger partial charge in [-0.25, -0.2) is 0 Å². The van der Waals surface area contributed by atoms with Crippen molar-refractivity contribution in [2.45, 2.75) is 25.8 Å². The van der Waals surface area contributed by atoms with Crippen LogP contribution in [0, 0.1) is 18.8 Å². The van der Waals surface area contributed by atoms with Crippen LogP contribution in [0.2, 0.25) is 0 Å². The van der Waals surface area contributed by atoms with E-state index in [1.165, 1.54) is 17.7 Å². The molecule has 1 saturated heterocycles. The molecule has 1 aliphatic heterocycles. The van der Waals surface area contributed by atoms with Gasteiger partial charge in [-0.05, 0) is 37.7 Å². The summed E-state index contributed by atoms with van der Waals surface area (Å²) in [6.45, 7) is 3.62. The number of nitrogens with zero attached hydrogens (tertiary/aromatic N) is 1. The minimum Gasteiger partial charge on any atom is -0.337 e. The second-order valence-electron chi connectivity index (χ2n) is 5.32. The lowest BCUT2D eigenvalue weighted by molar-refractivity contribution is 0.0785. The molecule has 0 bridgehead atoms. The zero-order chi connectivity index (χ0) is 12.0. The van der Waals surface area contributed by atoms with Crippen molar-refractivity contribution in [1.82, 2.24) is 4.90 Å². The van der Waals surface area contributed by atoms with Crippen LogP contribution in [0.25, 0.3) is 0 Å². The molecule has 1 aromatic heterocycles. The summed E-state index contributed by atoms with van der Waals surface area (Å²) in [5, 5.41) is 1.95. The molecule has 2 fully saturated rings. The van der Waals surface area contributed by atoms with Gasteiger partial charge >= 0.3 is 0 Å². The fourth-order valence-electron chi connectivity index (χ4n) is 2.78. The maximum Gasteiger partial charge on any atom is 0.254 e. The first-order valence-corrected chi connectivity index (χ1v) is 7.13. The predicted octanol–water partition coefficient (Wildman–Crippen LogP) is 1.87. The van der Waals surface area contributed by atoms with Crippen LogP contribution in [0.1, 0.15) is 28.1 Å². The molecule has 92 valence electrons. The summed E-state index contributed by atoms with van der Waals surface area (Å²) in [6, 6.07) is 2.16. The molecule has 3 rings (SSSR count). The number of hydrogen-bond donors (Lipinski definition) is 1. The summed E-state index contributed by atoms with van der Waals surface area (Å²) in [6.07, 6.45) is 2.61. The SMILES string of the molecule is Cc1cc(C(=O)N2C[C@H](C3CC3)[C@@H](N)C2)cs1. The van der Waals surface area contributed by atoms with Crippen molar-refractivity contribution in [3.05, 3.63) is 21.9 Å². The Hall–Kier alpha value is -0.870. The van der Waals surface area contributed by atoms with Crippen LogP contribution in [0.3, 0.4) is 0 Å². The Bertz CT molecular complexity index is 438. The van der Waals surface area contributed by atoms with Gasteiger partial charge < -0.3 is 10.6 Å². The Balaban J connectivity index is 1.71. The molecule has 2 aliphatic rings. The molecule has 4 heteroatoms. The summed E-state index contributed by atoms with van der Waals surface area (Å²) >= 11 is 1.63. The zero-order valence-electron chi connectivity index (χ0n) is 10.1. The lowest BCUT2D eigenvalue weighted by atomic mass is 9.99. The highest BCUT2D eigenvalue weighted by molar-refractivity contribution is 7.10. The van der Waals surface area contributed by atoms with Crippen molar-refractivity contribution in [3.63, 3.8) is 0 Å². The second-order valence-corrected chi connectivity index (χ2v) is 6.44. The van der Waals surface area contributed by atoms with Gasteiger partial charge in [0.05, 0.1) is 5.56 Å². The maximum atomic E-state index is 12.3. The van der Waals surface area contributed by atoms with Crippen LogP contribution < -0.4 is 5.73 Å². The molecule has 2 heterocycles. The standard InChI is InChI=1S/C13H18N2OS/c1-8-4-10(7-17-8)13(16)15-5-11(9-2-3-9)12(14)6-15/h4,7,9,11-12H,2-3,5-6,14H2,1H3/t11-,12+/m1/s1. The summed E-state index contributed by atoms with van der Waals surface area (Å²) in [5.41, 5.74) is 6.97. The van der Waals surface area contributed by atoms with Crippen molar-refractivity contribution < 1.29 is 4.79 Å². The van der Waals surface area contributed by atoms with Crippen molar-refractivity contribution in [2.24, 2.45) is 17.6 Å². The van der Waals surface area contributed by atoms with Gasteiger partial charge in [-0.1, -0.05) is 0 Å². The third-order valence-electron chi connectivity index (χ3n) is 3.90. The maximum absolute atomic E-state index is 12.3. The first kappa shape index (κ1) is 11.2. The quantitative estimate of drug-likeness (QED) is 0.871. The molecular formula is C13H18N2OS. The van der Waals surface area contributed by atoms with E-state index in [4.69, 9.17) is 5.73 Å². The van der Waals surface area contributed by atoms with E-state index < -0.39 is 0 Å². The van der Waals surface area contributed by atoms with Crippen LogP contribution in [-0.4, -0.2) is 29.9 Å². The van der Waals surface area contributed by atoms with E-state index in [0.717, 1.165) is 24.6 Å². The first-order valence-electron chi connectivity index (χ1n) is 6.25. The fraction of sp³-hybridized carbons (Fsp3) is 0.615. The van der Waals surface area contributed by atoms with Crippen molar-refractivity contribution >= 4 is 17.2 Å². The Morgan fingerprint density at radius 2 is 2.24 bits per heavy atom. The molecule has 0 aromatic carbocycles. The summed E-state index contributed by atoms with van der Waals surface area (Å²) < 4.78 is 0. The highest BCUT2D eigenvalue weighted by Gasteiger charge is 2.42. The van der Waals surface area contributed by atoms with Gasteiger partial charge in [0, 0.05) is 29.4 Å². The smallest absolute Gasteiger partial charge is 0.254 e. The average molecular weight is 250 g/mol. The van der Waals surface area contributed by atoms with Crippen LogP contribution >= 0.6 is 11.3 Å². The number of aryl methyl sites for hydroxylation is 1. The number of nitrogens with two attached hydrogens (primary N) is 1. The molecule has 3 nitrogen and oxygen atoms in total. The minimum atomic E-state index is 0.160. The zero-order valence-corrected chi connectivity index (χ0v) is 10.9. The average Bonchev–Trinajstić information content (AvgIpc) is 2.94. The third-order valence-corrected chi connectivity index (χ3v) is 4.77. The molecule has 0 spiro atoms. The van der Waals surface area contributed by atoms with Gasteiger partial charge in [-0.2, -0.15) is 0 Å². The Morgan fingerprint density at radius 1 is 1.47 bits per heavy atom. The highest BCUT2D eigenvalue weighted by Crippen LogP contribution is 2.41. The monoisotopic (exact) mass is 250 g/mol. The fourth-order valence-corrected chi connectivity index (χ4v) is 3.46. The molecule has 1 aliphatic carbocycles. The number of rotatable bonds is 2. The molecule has 2 N–H and O–H groups in total. The number of hydrogen-bond acceptors (Lipinski definition) is 3. The van der Waals surface area contributed by atoms with Gasteiger partial charge in [-0.15, -0.1) is 11.3 Å². The summed E-state index contributed by atoms with van der Waals surface area (Å²) in [4.78, 5) is 15.4. The molecule has 2 atom stereocenters. The van der Waals surface area contributed by atoms with Gasteiger partial charge in [0.25, 0.3) is 5.91 Å². The summed E-state index contributed by atoms with van der Waals surface area (Å²) in [7, 11) is 0. The van der Waals surface area contributed by atoms with E-state index >= 15 is 0 Å². The molecular weight excluding hydrogens is 232 g/mol. The number of thiophene rings is 1. The second kappa shape index (κ2) is 4.10. The first-order chi connectivity index (χ1) is 8.15. The van der Waals surface area contributed by atoms with E-state index in [1.54, 1.807) is 11.3 Å². The number of amides is 1. The van der Waals surface area contributed by atoms with E-state index in [1.807, 2.05) is 23.3 Å². The Kier molecular flexibility index (Phi) is 2.71. The molecule has 0 unspecified atom stereocenters. The number of carbonyl (C=O) groups is 1. The number of carbonyl (C=O) groups excluding carboxylic acids is 1. The number of likely N-dealkylation sites (tertiary alicyclic amines) is 1. The largest absolute Gasteiger partial charge is 0.337 e. The normalized spacial score (nSPS) is 28.7. The topological polar surface area (TPSA) is 46.3 Å². The van der Waals surface area contributed by atoms with Crippen LogP contribution in [0.15, 0.2) is 11.4 Å². The van der Waals surface area contributed by atoms with Crippen LogP contribution in [-0.2, 0) is 0 Å². The molecule has 1 saturated carbocycles. The van der Waals surface area contributed by atoms with Gasteiger partial charge in [0.15, 0.2) is 0 Å². The van der Waals surface area contributed by atoms with Gasteiger partial charge in [0.2, 0.25) is 0 Å². The highest BCUT2D eigenvalue weighted by atomic mass is 32.1. The van der Waals surface area contributed by atoms with Gasteiger partial charge in [0.1, 0.15) is 0 Å².